The molecule has 0 radical (unpaired) electrons. The summed E-state index contributed by atoms with van der Waals surface area (Å²) in [7, 11) is 0. The van der Waals surface area contributed by atoms with E-state index >= 15 is 0 Å². The van der Waals surface area contributed by atoms with Gasteiger partial charge < -0.3 is 14.5 Å². The van der Waals surface area contributed by atoms with Crippen LogP contribution in [-0.4, -0.2) is 5.91 Å². The lowest BCUT2D eigenvalue weighted by Crippen LogP contribution is -2.16. The quantitative estimate of drug-likeness (QED) is 0.646. The molecule has 3 rings (SSSR count). The second-order valence-corrected chi connectivity index (χ2v) is 5.87. The number of hydrogen-bond acceptors (Lipinski definition) is 3. The van der Waals surface area contributed by atoms with Gasteiger partial charge in [0, 0.05) is 0 Å². The smallest absolute Gasteiger partial charge is 0.418 e. The first-order valence-corrected chi connectivity index (χ1v) is 8.09. The van der Waals surface area contributed by atoms with Crippen LogP contribution in [0.25, 0.3) is 0 Å². The summed E-state index contributed by atoms with van der Waals surface area (Å²) >= 11 is 0. The van der Waals surface area contributed by atoms with E-state index in [2.05, 4.69) is 5.32 Å². The molecule has 3 aromatic rings. The second-order valence-electron chi connectivity index (χ2n) is 5.87. The number of halogens is 3. The number of hydrogen-bond donors (Lipinski definition) is 1. The van der Waals surface area contributed by atoms with Crippen LogP contribution in [0.4, 0.5) is 18.9 Å². The fraction of sp³-hybridized carbons (Fsp3) is 0.150. The van der Waals surface area contributed by atoms with Crippen LogP contribution in [0.15, 0.2) is 65.1 Å². The maximum absolute atomic E-state index is 13.0. The molecule has 1 heterocycles. The Hall–Kier alpha value is -3.22. The lowest BCUT2D eigenvalue weighted by atomic mass is 10.1. The number of aryl methyl sites for hydroxylation is 1. The van der Waals surface area contributed by atoms with Crippen LogP contribution in [0.2, 0.25) is 0 Å². The maximum atomic E-state index is 13.0. The topological polar surface area (TPSA) is 51.5 Å². The SMILES string of the molecule is Cc1ccc(OCc2ccc(C(=O)Nc3ccccc3C(F)(F)F)o2)cc1. The zero-order chi connectivity index (χ0) is 19.4. The molecule has 1 N–H and O–H groups in total. The van der Waals surface area contributed by atoms with Crippen LogP contribution in [0, 0.1) is 6.92 Å². The van der Waals surface area contributed by atoms with Gasteiger partial charge in [0.2, 0.25) is 0 Å². The number of ether oxygens (including phenoxy) is 1. The van der Waals surface area contributed by atoms with E-state index in [4.69, 9.17) is 9.15 Å². The highest BCUT2D eigenvalue weighted by atomic mass is 19.4. The highest BCUT2D eigenvalue weighted by Gasteiger charge is 2.33. The number of nitrogens with one attached hydrogen (secondary N) is 1. The summed E-state index contributed by atoms with van der Waals surface area (Å²) in [6, 6.07) is 15.1. The van der Waals surface area contributed by atoms with Gasteiger partial charge in [-0.3, -0.25) is 4.79 Å². The van der Waals surface area contributed by atoms with E-state index in [0.29, 0.717) is 11.5 Å². The van der Waals surface area contributed by atoms with Crippen LogP contribution >= 0.6 is 0 Å². The summed E-state index contributed by atoms with van der Waals surface area (Å²) in [5.74, 6) is 0.148. The van der Waals surface area contributed by atoms with E-state index < -0.39 is 17.6 Å². The zero-order valence-electron chi connectivity index (χ0n) is 14.3. The lowest BCUT2D eigenvalue weighted by Gasteiger charge is -2.12. The van der Waals surface area contributed by atoms with Crippen molar-refractivity contribution in [3.8, 4) is 5.75 Å². The van der Waals surface area contributed by atoms with Gasteiger partial charge >= 0.3 is 6.18 Å². The average Bonchev–Trinajstić information content (AvgIpc) is 3.10. The molecule has 0 aliphatic rings. The van der Waals surface area contributed by atoms with Crippen molar-refractivity contribution in [2.24, 2.45) is 0 Å². The minimum Gasteiger partial charge on any atom is -0.486 e. The molecule has 140 valence electrons. The molecule has 0 unspecified atom stereocenters. The summed E-state index contributed by atoms with van der Waals surface area (Å²) in [5.41, 5.74) is -0.157. The minimum absolute atomic E-state index is 0.0927. The molecular weight excluding hydrogens is 359 g/mol. The van der Waals surface area contributed by atoms with Gasteiger partial charge in [-0.15, -0.1) is 0 Å². The third kappa shape index (κ3) is 4.69. The fourth-order valence-corrected chi connectivity index (χ4v) is 2.39. The van der Waals surface area contributed by atoms with Crippen molar-refractivity contribution < 1.29 is 27.1 Å². The van der Waals surface area contributed by atoms with Gasteiger partial charge in [-0.05, 0) is 43.3 Å². The number of benzene rings is 2. The Morgan fingerprint density at radius 2 is 1.74 bits per heavy atom. The Morgan fingerprint density at radius 3 is 2.44 bits per heavy atom. The van der Waals surface area contributed by atoms with Gasteiger partial charge in [-0.1, -0.05) is 29.8 Å². The molecule has 0 spiro atoms. The predicted octanol–water partition coefficient (Wildman–Crippen LogP) is 5.44. The Kier molecular flexibility index (Phi) is 5.21. The summed E-state index contributed by atoms with van der Waals surface area (Å²) in [4.78, 5) is 12.2. The molecule has 1 aromatic heterocycles. The first kappa shape index (κ1) is 18.6. The molecule has 0 atom stereocenters. The summed E-state index contributed by atoms with van der Waals surface area (Å²) in [6.45, 7) is 2.05. The second kappa shape index (κ2) is 7.57. The average molecular weight is 375 g/mol. The number of rotatable bonds is 5. The molecule has 2 aromatic carbocycles. The number of furan rings is 1. The number of alkyl halides is 3. The summed E-state index contributed by atoms with van der Waals surface area (Å²) < 4.78 is 49.9. The van der Waals surface area contributed by atoms with E-state index in [1.807, 2.05) is 19.1 Å². The molecule has 0 saturated heterocycles. The van der Waals surface area contributed by atoms with Crippen LogP contribution in [0.5, 0.6) is 5.75 Å². The molecule has 0 aliphatic heterocycles. The van der Waals surface area contributed by atoms with E-state index in [1.165, 1.54) is 24.3 Å². The van der Waals surface area contributed by atoms with Gasteiger partial charge in [0.1, 0.15) is 18.1 Å². The van der Waals surface area contributed by atoms with Gasteiger partial charge in [0.05, 0.1) is 11.3 Å². The normalized spacial score (nSPS) is 11.3. The third-order valence-corrected chi connectivity index (χ3v) is 3.77. The molecule has 0 aliphatic carbocycles. The van der Waals surface area contributed by atoms with Crippen molar-refractivity contribution in [2.75, 3.05) is 5.32 Å². The van der Waals surface area contributed by atoms with Crippen molar-refractivity contribution in [3.05, 3.63) is 83.3 Å². The van der Waals surface area contributed by atoms with E-state index in [-0.39, 0.29) is 18.1 Å². The molecule has 27 heavy (non-hydrogen) atoms. The largest absolute Gasteiger partial charge is 0.486 e. The standard InChI is InChI=1S/C20H16F3NO3/c1-13-6-8-14(9-7-13)26-12-15-10-11-18(27-15)19(25)24-17-5-3-2-4-16(17)20(21,22)23/h2-11H,12H2,1H3,(H,24,25). The molecule has 4 nitrogen and oxygen atoms in total. The predicted molar refractivity (Wildman–Crippen MR) is 93.6 cm³/mol. The van der Waals surface area contributed by atoms with Crippen LogP contribution < -0.4 is 10.1 Å². The highest BCUT2D eigenvalue weighted by molar-refractivity contribution is 6.02. The lowest BCUT2D eigenvalue weighted by molar-refractivity contribution is -0.136. The summed E-state index contributed by atoms with van der Waals surface area (Å²) in [5, 5.41) is 2.23. The number of anilines is 1. The highest BCUT2D eigenvalue weighted by Crippen LogP contribution is 2.34. The number of para-hydroxylation sites is 1. The van der Waals surface area contributed by atoms with Crippen LogP contribution in [-0.2, 0) is 12.8 Å². The Labute approximate surface area is 153 Å². The monoisotopic (exact) mass is 375 g/mol. The summed E-state index contributed by atoms with van der Waals surface area (Å²) in [6.07, 6.45) is -4.57. The van der Waals surface area contributed by atoms with Crippen molar-refractivity contribution >= 4 is 11.6 Å². The van der Waals surface area contributed by atoms with E-state index in [1.54, 1.807) is 18.2 Å². The third-order valence-electron chi connectivity index (χ3n) is 3.77. The Balaban J connectivity index is 1.66. The molecule has 1 amide bonds. The van der Waals surface area contributed by atoms with Crippen LogP contribution in [0.3, 0.4) is 0 Å². The number of amides is 1. The van der Waals surface area contributed by atoms with Gasteiger partial charge in [-0.2, -0.15) is 13.2 Å². The van der Waals surface area contributed by atoms with Crippen LogP contribution in [0.1, 0.15) is 27.4 Å². The van der Waals surface area contributed by atoms with Crippen molar-refractivity contribution in [1.29, 1.82) is 0 Å². The minimum atomic E-state index is -4.57. The first-order valence-electron chi connectivity index (χ1n) is 8.09. The Morgan fingerprint density at radius 1 is 1.04 bits per heavy atom. The maximum Gasteiger partial charge on any atom is 0.418 e. The molecule has 0 fully saturated rings. The van der Waals surface area contributed by atoms with Crippen molar-refractivity contribution in [3.63, 3.8) is 0 Å². The van der Waals surface area contributed by atoms with Crippen molar-refractivity contribution in [1.82, 2.24) is 0 Å². The van der Waals surface area contributed by atoms with Gasteiger partial charge in [0.25, 0.3) is 5.91 Å². The molecule has 0 saturated carbocycles. The number of carbonyl (C=O) groups is 1. The van der Waals surface area contributed by atoms with E-state index in [9.17, 15) is 18.0 Å². The molecule has 7 heteroatoms. The number of carbonyl (C=O) groups excluding carboxylic acids is 1. The molecule has 0 bridgehead atoms. The molecular formula is C20H16F3NO3. The Bertz CT molecular complexity index is 930. The van der Waals surface area contributed by atoms with Crippen molar-refractivity contribution in [2.45, 2.75) is 19.7 Å². The van der Waals surface area contributed by atoms with Gasteiger partial charge in [0.15, 0.2) is 5.76 Å². The zero-order valence-corrected chi connectivity index (χ0v) is 14.3. The first-order chi connectivity index (χ1) is 12.8. The van der Waals surface area contributed by atoms with Gasteiger partial charge in [-0.25, -0.2) is 0 Å². The van der Waals surface area contributed by atoms with E-state index in [0.717, 1.165) is 11.6 Å². The fourth-order valence-electron chi connectivity index (χ4n) is 2.39.